The van der Waals surface area contributed by atoms with E-state index in [0.29, 0.717) is 26.1 Å². The molecule has 0 unspecified atom stereocenters. The highest BCUT2D eigenvalue weighted by Gasteiger charge is 2.40. The molecular formula is C20H23NO4S. The van der Waals surface area contributed by atoms with Crippen molar-refractivity contribution in [3.63, 3.8) is 0 Å². The van der Waals surface area contributed by atoms with Crippen molar-refractivity contribution >= 4 is 15.9 Å². The van der Waals surface area contributed by atoms with Gasteiger partial charge in [-0.15, -0.1) is 0 Å². The summed E-state index contributed by atoms with van der Waals surface area (Å²) in [5.74, 6) is -0.335. The molecule has 5 nitrogen and oxygen atoms in total. The Kier molecular flexibility index (Phi) is 5.74. The lowest BCUT2D eigenvalue weighted by atomic mass is 10.2. The molecule has 0 saturated carbocycles. The zero-order valence-electron chi connectivity index (χ0n) is 14.8. The zero-order valence-corrected chi connectivity index (χ0v) is 15.6. The number of sulfonamides is 1. The van der Waals surface area contributed by atoms with Gasteiger partial charge in [-0.05, 0) is 37.5 Å². The molecule has 1 heterocycles. The smallest absolute Gasteiger partial charge is 0.266 e. The number of hydrogen-bond acceptors (Lipinski definition) is 4. The summed E-state index contributed by atoms with van der Waals surface area (Å²) in [5, 5.41) is 0. The van der Waals surface area contributed by atoms with Crippen LogP contribution in [0.15, 0.2) is 59.5 Å². The average molecular weight is 373 g/mol. The third-order valence-corrected chi connectivity index (χ3v) is 6.44. The fourth-order valence-corrected chi connectivity index (χ4v) is 4.79. The van der Waals surface area contributed by atoms with Crippen molar-refractivity contribution in [2.24, 2.45) is 0 Å². The number of rotatable bonds is 7. The predicted molar refractivity (Wildman–Crippen MR) is 98.9 cm³/mol. The third kappa shape index (κ3) is 4.14. The van der Waals surface area contributed by atoms with E-state index in [0.717, 1.165) is 15.4 Å². The molecule has 0 bridgehead atoms. The minimum Gasteiger partial charge on any atom is -0.377 e. The molecule has 2 aromatic carbocycles. The highest BCUT2D eigenvalue weighted by molar-refractivity contribution is 7.89. The Morgan fingerprint density at radius 3 is 2.46 bits per heavy atom. The van der Waals surface area contributed by atoms with E-state index in [9.17, 15) is 13.2 Å². The molecule has 0 spiro atoms. The first-order valence-corrected chi connectivity index (χ1v) is 10.2. The van der Waals surface area contributed by atoms with E-state index in [-0.39, 0.29) is 23.3 Å². The molecule has 1 aliphatic rings. The first-order chi connectivity index (χ1) is 12.5. The van der Waals surface area contributed by atoms with E-state index >= 15 is 0 Å². The number of carbonyl (C=O) groups is 1. The molecule has 1 saturated heterocycles. The van der Waals surface area contributed by atoms with Gasteiger partial charge in [0.05, 0.1) is 17.5 Å². The second kappa shape index (κ2) is 8.01. The fraction of sp³-hybridized carbons (Fsp3) is 0.350. The van der Waals surface area contributed by atoms with Crippen molar-refractivity contribution in [3.05, 3.63) is 65.7 Å². The van der Waals surface area contributed by atoms with Crippen molar-refractivity contribution in [1.29, 1.82) is 0 Å². The number of nitrogens with zero attached hydrogens (tertiary/aromatic N) is 1. The summed E-state index contributed by atoms with van der Waals surface area (Å²) < 4.78 is 32.5. The van der Waals surface area contributed by atoms with Crippen molar-refractivity contribution in [2.75, 3.05) is 6.61 Å². The van der Waals surface area contributed by atoms with Crippen LogP contribution < -0.4 is 0 Å². The molecule has 1 amide bonds. The van der Waals surface area contributed by atoms with Gasteiger partial charge in [-0.3, -0.25) is 4.79 Å². The van der Waals surface area contributed by atoms with Crippen molar-refractivity contribution in [1.82, 2.24) is 4.31 Å². The van der Waals surface area contributed by atoms with Crippen LogP contribution in [-0.4, -0.2) is 31.3 Å². The molecule has 6 heteroatoms. The maximum Gasteiger partial charge on any atom is 0.266 e. The lowest BCUT2D eigenvalue weighted by molar-refractivity contribution is -0.124. The maximum absolute atomic E-state index is 12.9. The highest BCUT2D eigenvalue weighted by atomic mass is 32.2. The summed E-state index contributed by atoms with van der Waals surface area (Å²) in [6.07, 6.45) is 1.30. The second-order valence-corrected chi connectivity index (χ2v) is 8.34. The van der Waals surface area contributed by atoms with Crippen LogP contribution in [0.4, 0.5) is 0 Å². The van der Waals surface area contributed by atoms with E-state index in [2.05, 4.69) is 0 Å². The molecule has 1 aliphatic heterocycles. The minimum absolute atomic E-state index is 0.161. The van der Waals surface area contributed by atoms with E-state index in [1.165, 1.54) is 0 Å². The summed E-state index contributed by atoms with van der Waals surface area (Å²) in [4.78, 5) is 12.4. The van der Waals surface area contributed by atoms with Gasteiger partial charge < -0.3 is 4.74 Å². The normalized spacial score (nSPS) is 17.7. The molecule has 0 radical (unpaired) electrons. The van der Waals surface area contributed by atoms with Gasteiger partial charge in [-0.2, -0.15) is 0 Å². The van der Waals surface area contributed by atoms with Gasteiger partial charge in [0.1, 0.15) is 0 Å². The van der Waals surface area contributed by atoms with Crippen molar-refractivity contribution < 1.29 is 17.9 Å². The second-order valence-electron chi connectivity index (χ2n) is 6.53. The molecule has 3 rings (SSSR count). The Morgan fingerprint density at radius 1 is 1.08 bits per heavy atom. The highest BCUT2D eigenvalue weighted by Crippen LogP contribution is 2.29. The molecule has 26 heavy (non-hydrogen) atoms. The van der Waals surface area contributed by atoms with Crippen molar-refractivity contribution in [2.45, 2.75) is 43.7 Å². The topological polar surface area (TPSA) is 63.7 Å². The summed E-state index contributed by atoms with van der Waals surface area (Å²) in [6.45, 7) is 2.78. The van der Waals surface area contributed by atoms with Crippen LogP contribution in [0.3, 0.4) is 0 Å². The van der Waals surface area contributed by atoms with Crippen LogP contribution >= 0.6 is 0 Å². The fourth-order valence-electron chi connectivity index (χ4n) is 3.12. The molecule has 1 atom stereocenters. The van der Waals surface area contributed by atoms with E-state index in [1.807, 2.05) is 37.3 Å². The number of ether oxygens (including phenoxy) is 1. The Morgan fingerprint density at radius 2 is 1.77 bits per heavy atom. The predicted octanol–water partition coefficient (Wildman–Crippen LogP) is 3.28. The Balaban J connectivity index is 1.64. The molecule has 0 N–H and O–H groups in total. The third-order valence-electron chi connectivity index (χ3n) is 4.55. The number of amides is 1. The summed E-state index contributed by atoms with van der Waals surface area (Å²) in [5.41, 5.74) is 2.04. The number of aryl methyl sites for hydroxylation is 1. The van der Waals surface area contributed by atoms with Crippen LogP contribution in [0.2, 0.25) is 0 Å². The van der Waals surface area contributed by atoms with Crippen LogP contribution in [0.5, 0.6) is 0 Å². The Labute approximate surface area is 154 Å². The molecular weight excluding hydrogens is 350 g/mol. The van der Waals surface area contributed by atoms with Gasteiger partial charge in [0, 0.05) is 13.0 Å². The van der Waals surface area contributed by atoms with Crippen LogP contribution in [0.1, 0.15) is 30.4 Å². The van der Waals surface area contributed by atoms with E-state index in [4.69, 9.17) is 4.74 Å². The summed E-state index contributed by atoms with van der Waals surface area (Å²) in [7, 11) is -3.81. The Hall–Kier alpha value is -2.18. The van der Waals surface area contributed by atoms with Gasteiger partial charge in [0.15, 0.2) is 0 Å². The van der Waals surface area contributed by atoms with Gasteiger partial charge in [-0.25, -0.2) is 12.7 Å². The van der Waals surface area contributed by atoms with E-state index in [1.54, 1.807) is 24.3 Å². The number of carbonyl (C=O) groups excluding carboxylic acids is 1. The first kappa shape index (κ1) is 18.6. The SMILES string of the molecule is Cc1ccc(S(=O)(=O)N2C(=O)CC[C@@H]2CCOCc2ccccc2)cc1. The largest absolute Gasteiger partial charge is 0.377 e. The maximum atomic E-state index is 12.9. The van der Waals surface area contributed by atoms with Gasteiger partial charge >= 0.3 is 0 Å². The lowest BCUT2D eigenvalue weighted by Gasteiger charge is -2.24. The molecule has 0 aromatic heterocycles. The van der Waals surface area contributed by atoms with Crippen molar-refractivity contribution in [3.8, 4) is 0 Å². The molecule has 0 aliphatic carbocycles. The Bertz CT molecular complexity index is 847. The monoisotopic (exact) mass is 373 g/mol. The molecule has 2 aromatic rings. The molecule has 138 valence electrons. The number of benzene rings is 2. The van der Waals surface area contributed by atoms with Gasteiger partial charge in [0.25, 0.3) is 10.0 Å². The average Bonchev–Trinajstić information content (AvgIpc) is 3.01. The summed E-state index contributed by atoms with van der Waals surface area (Å²) >= 11 is 0. The van der Waals surface area contributed by atoms with Gasteiger partial charge in [-0.1, -0.05) is 48.0 Å². The molecule has 1 fully saturated rings. The van der Waals surface area contributed by atoms with Crippen LogP contribution in [0.25, 0.3) is 0 Å². The zero-order chi connectivity index (χ0) is 18.6. The van der Waals surface area contributed by atoms with Crippen LogP contribution in [0, 0.1) is 6.92 Å². The number of hydrogen-bond donors (Lipinski definition) is 0. The standard InChI is InChI=1S/C20H23NO4S/c1-16-7-10-19(11-8-16)26(23,24)21-18(9-12-20(21)22)13-14-25-15-17-5-3-2-4-6-17/h2-8,10-11,18H,9,12-15H2,1H3/t18-/m1/s1. The van der Waals surface area contributed by atoms with Crippen LogP contribution in [-0.2, 0) is 26.2 Å². The quantitative estimate of drug-likeness (QED) is 0.699. The first-order valence-electron chi connectivity index (χ1n) is 8.74. The van der Waals surface area contributed by atoms with Gasteiger partial charge in [0.2, 0.25) is 5.91 Å². The summed E-state index contributed by atoms with van der Waals surface area (Å²) in [6, 6.07) is 16.1. The lowest BCUT2D eigenvalue weighted by Crippen LogP contribution is -2.39. The minimum atomic E-state index is -3.81. The van der Waals surface area contributed by atoms with E-state index < -0.39 is 10.0 Å².